The van der Waals surface area contributed by atoms with Crippen molar-refractivity contribution in [3.63, 3.8) is 0 Å². The van der Waals surface area contributed by atoms with Crippen molar-refractivity contribution in [2.75, 3.05) is 32.8 Å². The standard InChI is InChI=1S/C20H30N2O3/c1-4-20(15-23)11-13-22(14-12-20)19(25)17-9-7-16(8-10-17)18(24)21(5-2)6-3/h7-10,23H,4-6,11-15H2,1-3H3. The molecule has 1 saturated heterocycles. The predicted octanol–water partition coefficient (Wildman–Crippen LogP) is 2.79. The number of amides is 2. The van der Waals surface area contributed by atoms with Crippen LogP contribution in [0, 0.1) is 5.41 Å². The van der Waals surface area contributed by atoms with Crippen LogP contribution in [-0.2, 0) is 0 Å². The van der Waals surface area contributed by atoms with Crippen molar-refractivity contribution in [2.24, 2.45) is 5.41 Å². The monoisotopic (exact) mass is 346 g/mol. The van der Waals surface area contributed by atoms with Gasteiger partial charge in [0.15, 0.2) is 0 Å². The Kier molecular flexibility index (Phi) is 6.59. The number of carbonyl (C=O) groups excluding carboxylic acids is 2. The Balaban J connectivity index is 2.03. The molecule has 0 saturated carbocycles. The molecule has 1 aromatic rings. The average molecular weight is 346 g/mol. The average Bonchev–Trinajstić information content (AvgIpc) is 2.68. The van der Waals surface area contributed by atoms with Gasteiger partial charge in [-0.1, -0.05) is 6.92 Å². The second kappa shape index (κ2) is 8.48. The lowest BCUT2D eigenvalue weighted by Gasteiger charge is -2.40. The molecular formula is C20H30N2O3. The molecule has 1 N–H and O–H groups in total. The third-order valence-electron chi connectivity index (χ3n) is 5.63. The molecule has 25 heavy (non-hydrogen) atoms. The molecular weight excluding hydrogens is 316 g/mol. The molecule has 1 aliphatic rings. The molecule has 138 valence electrons. The molecule has 0 aromatic heterocycles. The normalized spacial score (nSPS) is 16.6. The van der Waals surface area contributed by atoms with E-state index in [2.05, 4.69) is 6.92 Å². The van der Waals surface area contributed by atoms with E-state index in [0.717, 1.165) is 19.3 Å². The van der Waals surface area contributed by atoms with E-state index >= 15 is 0 Å². The number of aliphatic hydroxyl groups excluding tert-OH is 1. The first-order valence-electron chi connectivity index (χ1n) is 9.29. The van der Waals surface area contributed by atoms with Crippen molar-refractivity contribution < 1.29 is 14.7 Å². The summed E-state index contributed by atoms with van der Waals surface area (Å²) in [7, 11) is 0. The van der Waals surface area contributed by atoms with Crippen molar-refractivity contribution in [3.8, 4) is 0 Å². The Labute approximate surface area is 150 Å². The fraction of sp³-hybridized carbons (Fsp3) is 0.600. The number of piperidine rings is 1. The van der Waals surface area contributed by atoms with Crippen LogP contribution in [0.2, 0.25) is 0 Å². The lowest BCUT2D eigenvalue weighted by Crippen LogP contribution is -2.44. The largest absolute Gasteiger partial charge is 0.396 e. The summed E-state index contributed by atoms with van der Waals surface area (Å²) in [5.74, 6) is 0.00197. The predicted molar refractivity (Wildman–Crippen MR) is 98.6 cm³/mol. The maximum absolute atomic E-state index is 12.7. The Bertz CT molecular complexity index is 579. The van der Waals surface area contributed by atoms with Crippen molar-refractivity contribution in [3.05, 3.63) is 35.4 Å². The summed E-state index contributed by atoms with van der Waals surface area (Å²) in [6, 6.07) is 6.96. The molecule has 1 fully saturated rings. The molecule has 5 heteroatoms. The molecule has 1 aliphatic heterocycles. The third-order valence-corrected chi connectivity index (χ3v) is 5.63. The van der Waals surface area contributed by atoms with Crippen LogP contribution in [0.4, 0.5) is 0 Å². The van der Waals surface area contributed by atoms with E-state index in [9.17, 15) is 14.7 Å². The topological polar surface area (TPSA) is 60.9 Å². The summed E-state index contributed by atoms with van der Waals surface area (Å²) in [6.45, 7) is 8.89. The molecule has 1 aromatic carbocycles. The number of aliphatic hydroxyl groups is 1. The van der Waals surface area contributed by atoms with Gasteiger partial charge in [-0.2, -0.15) is 0 Å². The second-order valence-electron chi connectivity index (χ2n) is 6.86. The van der Waals surface area contributed by atoms with Crippen LogP contribution in [0.15, 0.2) is 24.3 Å². The first kappa shape index (κ1) is 19.4. The van der Waals surface area contributed by atoms with Crippen molar-refractivity contribution in [2.45, 2.75) is 40.0 Å². The zero-order valence-electron chi connectivity index (χ0n) is 15.6. The zero-order chi connectivity index (χ0) is 18.4. The van der Waals surface area contributed by atoms with Gasteiger partial charge in [0.25, 0.3) is 11.8 Å². The summed E-state index contributed by atoms with van der Waals surface area (Å²) in [5, 5.41) is 9.61. The van der Waals surface area contributed by atoms with Crippen LogP contribution in [0.5, 0.6) is 0 Å². The van der Waals surface area contributed by atoms with Gasteiger partial charge in [0, 0.05) is 43.9 Å². The summed E-state index contributed by atoms with van der Waals surface area (Å²) >= 11 is 0. The van der Waals surface area contributed by atoms with E-state index in [1.54, 1.807) is 29.2 Å². The number of hydrogen-bond donors (Lipinski definition) is 1. The van der Waals surface area contributed by atoms with Gasteiger partial charge in [-0.15, -0.1) is 0 Å². The van der Waals surface area contributed by atoms with Crippen LogP contribution in [0.1, 0.15) is 60.7 Å². The number of rotatable bonds is 6. The Morgan fingerprint density at radius 3 is 2.00 bits per heavy atom. The van der Waals surface area contributed by atoms with Gasteiger partial charge < -0.3 is 14.9 Å². The summed E-state index contributed by atoms with van der Waals surface area (Å²) in [5.41, 5.74) is 1.20. The van der Waals surface area contributed by atoms with Crippen molar-refractivity contribution in [1.29, 1.82) is 0 Å². The highest BCUT2D eigenvalue weighted by Gasteiger charge is 2.34. The molecule has 0 spiro atoms. The first-order chi connectivity index (χ1) is 12.0. The number of likely N-dealkylation sites (tertiary alicyclic amines) is 1. The van der Waals surface area contributed by atoms with Crippen LogP contribution < -0.4 is 0 Å². The van der Waals surface area contributed by atoms with E-state index in [-0.39, 0.29) is 23.8 Å². The van der Waals surface area contributed by atoms with Gasteiger partial charge in [-0.3, -0.25) is 9.59 Å². The summed E-state index contributed by atoms with van der Waals surface area (Å²) < 4.78 is 0. The Morgan fingerprint density at radius 1 is 1.04 bits per heavy atom. The van der Waals surface area contributed by atoms with Crippen LogP contribution in [0.25, 0.3) is 0 Å². The van der Waals surface area contributed by atoms with Gasteiger partial charge in [0.2, 0.25) is 0 Å². The number of benzene rings is 1. The molecule has 5 nitrogen and oxygen atoms in total. The van der Waals surface area contributed by atoms with Crippen molar-refractivity contribution in [1.82, 2.24) is 9.80 Å². The molecule has 0 unspecified atom stereocenters. The first-order valence-corrected chi connectivity index (χ1v) is 9.29. The highest BCUT2D eigenvalue weighted by molar-refractivity contribution is 5.97. The van der Waals surface area contributed by atoms with Crippen LogP contribution in [-0.4, -0.2) is 59.5 Å². The third kappa shape index (κ3) is 4.21. The fourth-order valence-corrected chi connectivity index (χ4v) is 3.44. The maximum Gasteiger partial charge on any atom is 0.253 e. The number of hydrogen-bond acceptors (Lipinski definition) is 3. The molecule has 1 heterocycles. The minimum atomic E-state index is -0.0309. The molecule has 0 bridgehead atoms. The lowest BCUT2D eigenvalue weighted by atomic mass is 9.77. The number of nitrogens with zero attached hydrogens (tertiary/aromatic N) is 2. The molecule has 0 radical (unpaired) electrons. The van der Waals surface area contributed by atoms with E-state index in [1.807, 2.05) is 18.7 Å². The van der Waals surface area contributed by atoms with E-state index in [1.165, 1.54) is 0 Å². The second-order valence-corrected chi connectivity index (χ2v) is 6.86. The van der Waals surface area contributed by atoms with E-state index in [4.69, 9.17) is 0 Å². The fourth-order valence-electron chi connectivity index (χ4n) is 3.44. The smallest absolute Gasteiger partial charge is 0.253 e. The lowest BCUT2D eigenvalue weighted by molar-refractivity contribution is 0.0338. The number of carbonyl (C=O) groups is 2. The molecule has 0 atom stereocenters. The highest BCUT2D eigenvalue weighted by atomic mass is 16.3. The SMILES string of the molecule is CCN(CC)C(=O)c1ccc(C(=O)N2CCC(CC)(CO)CC2)cc1. The van der Waals surface area contributed by atoms with Gasteiger partial charge in [0.1, 0.15) is 0 Å². The summed E-state index contributed by atoms with van der Waals surface area (Å²) in [6.07, 6.45) is 2.61. The van der Waals surface area contributed by atoms with Gasteiger partial charge in [0.05, 0.1) is 0 Å². The molecule has 2 rings (SSSR count). The Hall–Kier alpha value is -1.88. The molecule has 2 amide bonds. The Morgan fingerprint density at radius 2 is 1.56 bits per heavy atom. The van der Waals surface area contributed by atoms with Crippen LogP contribution in [0.3, 0.4) is 0 Å². The van der Waals surface area contributed by atoms with E-state index in [0.29, 0.717) is 37.3 Å². The van der Waals surface area contributed by atoms with Gasteiger partial charge >= 0.3 is 0 Å². The van der Waals surface area contributed by atoms with Gasteiger partial charge in [-0.05, 0) is 62.8 Å². The van der Waals surface area contributed by atoms with Gasteiger partial charge in [-0.25, -0.2) is 0 Å². The summed E-state index contributed by atoms with van der Waals surface area (Å²) in [4.78, 5) is 28.6. The minimum absolute atomic E-state index is 0.00218. The minimum Gasteiger partial charge on any atom is -0.396 e. The highest BCUT2D eigenvalue weighted by Crippen LogP contribution is 2.34. The maximum atomic E-state index is 12.7. The van der Waals surface area contributed by atoms with Crippen LogP contribution >= 0.6 is 0 Å². The van der Waals surface area contributed by atoms with E-state index < -0.39 is 0 Å². The quantitative estimate of drug-likeness (QED) is 0.861. The van der Waals surface area contributed by atoms with Crippen molar-refractivity contribution >= 4 is 11.8 Å². The zero-order valence-corrected chi connectivity index (χ0v) is 15.6. The molecule has 0 aliphatic carbocycles.